The first-order valence-corrected chi connectivity index (χ1v) is 8.20. The zero-order valence-electron chi connectivity index (χ0n) is 13.7. The van der Waals surface area contributed by atoms with E-state index < -0.39 is 12.4 Å². The molecule has 0 saturated carbocycles. The number of amides is 1. The molecule has 1 aromatic carbocycles. The first kappa shape index (κ1) is 18.1. The van der Waals surface area contributed by atoms with Gasteiger partial charge in [0, 0.05) is 24.9 Å². The Morgan fingerprint density at radius 3 is 2.77 bits per heavy atom. The van der Waals surface area contributed by atoms with Gasteiger partial charge in [-0.15, -0.1) is 13.2 Å². The number of nitrogens with zero attached hydrogens (tertiary/aromatic N) is 3. The maximum atomic E-state index is 12.5. The van der Waals surface area contributed by atoms with Crippen LogP contribution in [0.1, 0.15) is 11.6 Å². The quantitative estimate of drug-likeness (QED) is 0.706. The van der Waals surface area contributed by atoms with Crippen molar-refractivity contribution in [3.8, 4) is 5.75 Å². The van der Waals surface area contributed by atoms with Gasteiger partial charge < -0.3 is 15.4 Å². The molecule has 0 aliphatic rings. The molecule has 0 fully saturated rings. The molecule has 26 heavy (non-hydrogen) atoms. The lowest BCUT2D eigenvalue weighted by atomic mass is 10.1. The number of carbonyl (C=O) groups excluding carboxylic acids is 1. The Labute approximate surface area is 149 Å². The van der Waals surface area contributed by atoms with E-state index in [-0.39, 0.29) is 16.8 Å². The van der Waals surface area contributed by atoms with E-state index in [2.05, 4.69) is 25.5 Å². The average molecular weight is 385 g/mol. The smallest absolute Gasteiger partial charge is 0.406 e. The molecule has 3 aromatic rings. The number of halogens is 3. The van der Waals surface area contributed by atoms with Crippen LogP contribution in [0.4, 0.5) is 18.3 Å². The summed E-state index contributed by atoms with van der Waals surface area (Å²) >= 11 is 1.06. The Hall–Kier alpha value is -2.66. The molecule has 0 aliphatic carbocycles. The highest BCUT2D eigenvalue weighted by molar-refractivity contribution is 7.22. The van der Waals surface area contributed by atoms with Crippen LogP contribution < -0.4 is 15.4 Å². The summed E-state index contributed by atoms with van der Waals surface area (Å²) in [6.45, 7) is 0. The van der Waals surface area contributed by atoms with E-state index in [1.54, 1.807) is 31.2 Å². The number of nitrogens with one attached hydrogen (secondary N) is 2. The summed E-state index contributed by atoms with van der Waals surface area (Å²) in [5, 5.41) is 9.85. The van der Waals surface area contributed by atoms with E-state index in [1.165, 1.54) is 18.2 Å². The number of hydrogen-bond acceptors (Lipinski definition) is 6. The largest absolute Gasteiger partial charge is 0.573 e. The highest BCUT2D eigenvalue weighted by Gasteiger charge is 2.31. The molecule has 7 nitrogen and oxygen atoms in total. The van der Waals surface area contributed by atoms with Crippen molar-refractivity contribution in [2.45, 2.75) is 12.4 Å². The van der Waals surface area contributed by atoms with Crippen molar-refractivity contribution in [2.24, 2.45) is 7.05 Å². The second-order valence-electron chi connectivity index (χ2n) is 5.35. The fraction of sp³-hybridized carbons (Fsp3) is 0.267. The predicted octanol–water partition coefficient (Wildman–Crippen LogP) is 2.83. The van der Waals surface area contributed by atoms with Crippen LogP contribution in [0.3, 0.4) is 0 Å². The summed E-state index contributed by atoms with van der Waals surface area (Å²) in [4.78, 5) is 16.7. The number of ether oxygens (including phenoxy) is 1. The normalized spacial score (nSPS) is 13.0. The van der Waals surface area contributed by atoms with Gasteiger partial charge in [0.2, 0.25) is 5.91 Å². The van der Waals surface area contributed by atoms with Gasteiger partial charge in [-0.3, -0.25) is 9.48 Å². The maximum absolute atomic E-state index is 12.5. The molecule has 0 bridgehead atoms. The highest BCUT2D eigenvalue weighted by atomic mass is 32.1. The van der Waals surface area contributed by atoms with Crippen molar-refractivity contribution in [2.75, 3.05) is 12.4 Å². The molecule has 1 atom stereocenters. The Morgan fingerprint density at radius 1 is 1.38 bits per heavy atom. The minimum Gasteiger partial charge on any atom is -0.406 e. The maximum Gasteiger partial charge on any atom is 0.573 e. The Morgan fingerprint density at radius 2 is 2.15 bits per heavy atom. The van der Waals surface area contributed by atoms with Crippen LogP contribution in [0.25, 0.3) is 10.2 Å². The second kappa shape index (κ2) is 6.92. The van der Waals surface area contributed by atoms with Crippen molar-refractivity contribution in [1.82, 2.24) is 20.1 Å². The third kappa shape index (κ3) is 4.11. The van der Waals surface area contributed by atoms with Crippen LogP contribution in [-0.2, 0) is 11.8 Å². The van der Waals surface area contributed by atoms with Gasteiger partial charge in [0.25, 0.3) is 0 Å². The minimum atomic E-state index is -4.76. The molecule has 11 heteroatoms. The molecular weight excluding hydrogens is 371 g/mol. The summed E-state index contributed by atoms with van der Waals surface area (Å²) in [6, 6.07) is 3.17. The van der Waals surface area contributed by atoms with Gasteiger partial charge in [-0.05, 0) is 19.2 Å². The summed E-state index contributed by atoms with van der Waals surface area (Å²) in [5.74, 6) is -0.693. The third-order valence-corrected chi connectivity index (χ3v) is 4.37. The Balaban J connectivity index is 1.78. The standard InChI is InChI=1S/C15H14F3N5O2S/c1-19-12(8-6-20-23(2)7-8)13(24)22-14-21-10-4-3-9(5-11(10)26-14)25-15(16,17)18/h3-7,12,19H,1-2H3,(H,21,22,24). The Kier molecular flexibility index (Phi) is 4.83. The zero-order valence-corrected chi connectivity index (χ0v) is 14.5. The number of aryl methyl sites for hydroxylation is 1. The SMILES string of the molecule is CNC(C(=O)Nc1nc2ccc(OC(F)(F)F)cc2s1)c1cnn(C)c1. The van der Waals surface area contributed by atoms with Gasteiger partial charge in [0.15, 0.2) is 5.13 Å². The van der Waals surface area contributed by atoms with Gasteiger partial charge >= 0.3 is 6.36 Å². The summed E-state index contributed by atoms with van der Waals surface area (Å²) in [6.07, 6.45) is -1.49. The number of carbonyl (C=O) groups is 1. The van der Waals surface area contributed by atoms with Gasteiger partial charge in [-0.2, -0.15) is 5.10 Å². The molecule has 2 heterocycles. The van der Waals surface area contributed by atoms with Gasteiger partial charge in [-0.1, -0.05) is 11.3 Å². The first-order valence-electron chi connectivity index (χ1n) is 7.38. The van der Waals surface area contributed by atoms with Crippen molar-refractivity contribution in [1.29, 1.82) is 0 Å². The van der Waals surface area contributed by atoms with Crippen LogP contribution >= 0.6 is 11.3 Å². The average Bonchev–Trinajstić information content (AvgIpc) is 3.12. The van der Waals surface area contributed by atoms with E-state index in [4.69, 9.17) is 0 Å². The van der Waals surface area contributed by atoms with Gasteiger partial charge in [-0.25, -0.2) is 4.98 Å². The van der Waals surface area contributed by atoms with Crippen molar-refractivity contribution in [3.63, 3.8) is 0 Å². The Bertz CT molecular complexity index is 937. The third-order valence-electron chi connectivity index (χ3n) is 3.43. The van der Waals surface area contributed by atoms with Crippen LogP contribution in [0.2, 0.25) is 0 Å². The van der Waals surface area contributed by atoms with E-state index in [9.17, 15) is 18.0 Å². The fourth-order valence-electron chi connectivity index (χ4n) is 2.37. The van der Waals surface area contributed by atoms with Crippen LogP contribution in [0.15, 0.2) is 30.6 Å². The fourth-order valence-corrected chi connectivity index (χ4v) is 3.27. The van der Waals surface area contributed by atoms with Crippen LogP contribution in [0, 0.1) is 0 Å². The lowest BCUT2D eigenvalue weighted by Crippen LogP contribution is -2.30. The number of rotatable bonds is 5. The number of alkyl halides is 3. The molecule has 0 aliphatic heterocycles. The number of likely N-dealkylation sites (N-methyl/N-ethyl adjacent to an activating group) is 1. The lowest BCUT2D eigenvalue weighted by molar-refractivity contribution is -0.274. The number of thiazole rings is 1. The topological polar surface area (TPSA) is 81.1 Å². The van der Waals surface area contributed by atoms with Crippen molar-refractivity contribution >= 4 is 32.6 Å². The predicted molar refractivity (Wildman–Crippen MR) is 89.9 cm³/mol. The molecular formula is C15H14F3N5O2S. The lowest BCUT2D eigenvalue weighted by Gasteiger charge is -2.12. The molecule has 2 aromatic heterocycles. The number of anilines is 1. The van der Waals surface area contributed by atoms with Gasteiger partial charge in [0.1, 0.15) is 11.8 Å². The van der Waals surface area contributed by atoms with Gasteiger partial charge in [0.05, 0.1) is 16.4 Å². The summed E-state index contributed by atoms with van der Waals surface area (Å²) < 4.78 is 42.8. The van der Waals surface area contributed by atoms with Crippen molar-refractivity contribution in [3.05, 3.63) is 36.2 Å². The van der Waals surface area contributed by atoms with Crippen molar-refractivity contribution < 1.29 is 22.7 Å². The molecule has 0 radical (unpaired) electrons. The van der Waals surface area contributed by atoms with E-state index in [0.717, 1.165) is 11.3 Å². The van der Waals surface area contributed by atoms with Crippen LogP contribution in [0.5, 0.6) is 5.75 Å². The summed E-state index contributed by atoms with van der Waals surface area (Å²) in [5.41, 5.74) is 1.14. The minimum absolute atomic E-state index is 0.276. The molecule has 1 unspecified atom stereocenters. The summed E-state index contributed by atoms with van der Waals surface area (Å²) in [7, 11) is 3.37. The first-order chi connectivity index (χ1) is 12.2. The molecule has 2 N–H and O–H groups in total. The van der Waals surface area contributed by atoms with E-state index in [0.29, 0.717) is 15.8 Å². The van der Waals surface area contributed by atoms with E-state index >= 15 is 0 Å². The zero-order chi connectivity index (χ0) is 18.9. The van der Waals surface area contributed by atoms with Crippen LogP contribution in [-0.4, -0.2) is 34.1 Å². The molecule has 0 saturated heterocycles. The molecule has 0 spiro atoms. The second-order valence-corrected chi connectivity index (χ2v) is 6.39. The number of hydrogen-bond donors (Lipinski definition) is 2. The van der Waals surface area contributed by atoms with E-state index in [1.807, 2.05) is 0 Å². The molecule has 138 valence electrons. The molecule has 3 rings (SSSR count). The molecule has 1 amide bonds. The number of fused-ring (bicyclic) bond motifs is 1. The number of aromatic nitrogens is 3. The monoisotopic (exact) mass is 385 g/mol. The number of benzene rings is 1. The highest BCUT2D eigenvalue weighted by Crippen LogP contribution is 2.32.